The van der Waals surface area contributed by atoms with Gasteiger partial charge in [0.1, 0.15) is 6.54 Å². The normalized spacial score (nSPS) is 19.8. The molecule has 0 aliphatic carbocycles. The SMILES string of the molecule is CC(F)(F)c1ccc(CN2C(=O)C3=C(CCN(Cc4cccc(C#N)c4)C3)N3CC(F)(F)CN=C23)cc1. The first-order valence-corrected chi connectivity index (χ1v) is 12.0. The lowest BCUT2D eigenvalue weighted by atomic mass is 9.98. The van der Waals surface area contributed by atoms with Gasteiger partial charge in [-0.05, 0) is 23.3 Å². The number of aliphatic imine (C=N–C) groups is 1. The molecule has 10 heteroatoms. The molecule has 0 aromatic heterocycles. The van der Waals surface area contributed by atoms with Crippen LogP contribution in [0, 0.1) is 11.3 Å². The highest BCUT2D eigenvalue weighted by atomic mass is 19.3. The fourth-order valence-electron chi connectivity index (χ4n) is 4.98. The van der Waals surface area contributed by atoms with Crippen LogP contribution in [0.4, 0.5) is 17.6 Å². The molecular weight excluding hydrogens is 486 g/mol. The van der Waals surface area contributed by atoms with E-state index in [-0.39, 0.29) is 30.5 Å². The zero-order valence-corrected chi connectivity index (χ0v) is 20.2. The molecule has 5 rings (SSSR count). The molecule has 37 heavy (non-hydrogen) atoms. The van der Waals surface area contributed by atoms with Gasteiger partial charge >= 0.3 is 0 Å². The summed E-state index contributed by atoms with van der Waals surface area (Å²) in [6.07, 6.45) is 0.405. The Morgan fingerprint density at radius 3 is 2.57 bits per heavy atom. The maximum Gasteiger partial charge on any atom is 0.284 e. The van der Waals surface area contributed by atoms with Crippen molar-refractivity contribution < 1.29 is 22.4 Å². The van der Waals surface area contributed by atoms with E-state index >= 15 is 0 Å². The van der Waals surface area contributed by atoms with Gasteiger partial charge in [0.15, 0.2) is 0 Å². The lowest BCUT2D eigenvalue weighted by molar-refractivity contribution is -0.126. The lowest BCUT2D eigenvalue weighted by Gasteiger charge is -2.46. The van der Waals surface area contributed by atoms with Crippen molar-refractivity contribution in [2.24, 2.45) is 4.99 Å². The Labute approximate surface area is 212 Å². The van der Waals surface area contributed by atoms with E-state index < -0.39 is 24.9 Å². The summed E-state index contributed by atoms with van der Waals surface area (Å²) in [5.41, 5.74) is 2.89. The zero-order chi connectivity index (χ0) is 26.4. The number of hydrogen-bond donors (Lipinski definition) is 0. The fourth-order valence-corrected chi connectivity index (χ4v) is 4.98. The van der Waals surface area contributed by atoms with E-state index in [9.17, 15) is 27.6 Å². The van der Waals surface area contributed by atoms with Crippen molar-refractivity contribution in [1.29, 1.82) is 5.26 Å². The van der Waals surface area contributed by atoms with Crippen molar-refractivity contribution in [2.75, 3.05) is 26.2 Å². The van der Waals surface area contributed by atoms with Gasteiger partial charge in [-0.15, -0.1) is 0 Å². The second-order valence-corrected chi connectivity index (χ2v) is 9.73. The standard InChI is InChI=1S/C27H25F4N5O/c1-26(28,29)21-7-5-18(6-8-21)14-35-24(37)22-15-34(13-20-4-2-3-19(11-20)12-32)10-9-23(22)36-17-27(30,31)16-33-25(35)36/h2-8,11H,9-10,13-17H2,1H3. The topological polar surface area (TPSA) is 62.9 Å². The summed E-state index contributed by atoms with van der Waals surface area (Å²) in [5, 5.41) is 9.18. The highest BCUT2D eigenvalue weighted by molar-refractivity contribution is 6.09. The Hall–Kier alpha value is -3.71. The van der Waals surface area contributed by atoms with Gasteiger partial charge in [-0.3, -0.25) is 14.6 Å². The number of nitrogens with zero attached hydrogens (tertiary/aromatic N) is 5. The van der Waals surface area contributed by atoms with Crippen LogP contribution in [-0.2, 0) is 23.8 Å². The molecule has 0 unspecified atom stereocenters. The summed E-state index contributed by atoms with van der Waals surface area (Å²) >= 11 is 0. The molecule has 0 N–H and O–H groups in total. The van der Waals surface area contributed by atoms with Crippen molar-refractivity contribution in [3.05, 3.63) is 82.1 Å². The van der Waals surface area contributed by atoms with Crippen LogP contribution in [0.15, 0.2) is 64.8 Å². The van der Waals surface area contributed by atoms with Crippen LogP contribution in [0.1, 0.15) is 35.6 Å². The van der Waals surface area contributed by atoms with Crippen LogP contribution in [0.25, 0.3) is 0 Å². The summed E-state index contributed by atoms with van der Waals surface area (Å²) in [5.74, 6) is -6.17. The second kappa shape index (κ2) is 9.30. The summed E-state index contributed by atoms with van der Waals surface area (Å²) < 4.78 is 56.1. The summed E-state index contributed by atoms with van der Waals surface area (Å²) in [6.45, 7) is 0.875. The molecule has 0 atom stereocenters. The van der Waals surface area contributed by atoms with Gasteiger partial charge in [0, 0.05) is 44.2 Å². The van der Waals surface area contributed by atoms with Crippen LogP contribution in [0.3, 0.4) is 0 Å². The Bertz CT molecular complexity index is 1320. The molecule has 3 aliphatic rings. The number of guanidine groups is 1. The lowest BCUT2D eigenvalue weighted by Crippen LogP contribution is -2.59. The van der Waals surface area contributed by atoms with Crippen LogP contribution >= 0.6 is 0 Å². The van der Waals surface area contributed by atoms with E-state index in [1.807, 2.05) is 11.0 Å². The van der Waals surface area contributed by atoms with Crippen molar-refractivity contribution in [3.8, 4) is 6.07 Å². The molecule has 2 aromatic rings. The quantitative estimate of drug-likeness (QED) is 0.556. The molecular formula is C27H25F4N5O. The van der Waals surface area contributed by atoms with Gasteiger partial charge in [-0.1, -0.05) is 36.4 Å². The Morgan fingerprint density at radius 2 is 1.86 bits per heavy atom. The summed E-state index contributed by atoms with van der Waals surface area (Å²) in [4.78, 5) is 22.6. The monoisotopic (exact) mass is 511 g/mol. The molecule has 0 fully saturated rings. The van der Waals surface area contributed by atoms with E-state index in [0.717, 1.165) is 12.5 Å². The number of carbonyl (C=O) groups excluding carboxylic acids is 1. The first kappa shape index (κ1) is 25.0. The number of nitriles is 1. The van der Waals surface area contributed by atoms with Crippen molar-refractivity contribution in [2.45, 2.75) is 38.3 Å². The molecule has 0 saturated heterocycles. The molecule has 3 aliphatic heterocycles. The number of benzene rings is 2. The predicted molar refractivity (Wildman–Crippen MR) is 129 cm³/mol. The molecule has 6 nitrogen and oxygen atoms in total. The van der Waals surface area contributed by atoms with Gasteiger partial charge in [-0.2, -0.15) is 5.26 Å². The highest BCUT2D eigenvalue weighted by Crippen LogP contribution is 2.35. The van der Waals surface area contributed by atoms with E-state index in [0.29, 0.717) is 41.9 Å². The van der Waals surface area contributed by atoms with Crippen molar-refractivity contribution in [1.82, 2.24) is 14.7 Å². The molecule has 192 valence electrons. The van der Waals surface area contributed by atoms with Gasteiger partial charge in [0.25, 0.3) is 17.8 Å². The van der Waals surface area contributed by atoms with Gasteiger partial charge in [0.05, 0.1) is 30.3 Å². The van der Waals surface area contributed by atoms with Gasteiger partial charge in [0.2, 0.25) is 5.96 Å². The number of carbonyl (C=O) groups is 1. The third-order valence-electron chi connectivity index (χ3n) is 6.81. The molecule has 0 saturated carbocycles. The van der Waals surface area contributed by atoms with E-state index in [1.165, 1.54) is 34.1 Å². The Kier molecular flexibility index (Phi) is 6.28. The third kappa shape index (κ3) is 5.09. The number of alkyl halides is 4. The van der Waals surface area contributed by atoms with Crippen LogP contribution in [0.2, 0.25) is 0 Å². The van der Waals surface area contributed by atoms with E-state index in [2.05, 4.69) is 11.1 Å². The molecule has 0 spiro atoms. The minimum absolute atomic E-state index is 0.0241. The average molecular weight is 512 g/mol. The Morgan fingerprint density at radius 1 is 1.11 bits per heavy atom. The van der Waals surface area contributed by atoms with E-state index in [4.69, 9.17) is 0 Å². The zero-order valence-electron chi connectivity index (χ0n) is 20.2. The Balaban J connectivity index is 1.43. The first-order valence-electron chi connectivity index (χ1n) is 12.0. The van der Waals surface area contributed by atoms with Crippen molar-refractivity contribution >= 4 is 11.9 Å². The number of rotatable bonds is 5. The largest absolute Gasteiger partial charge is 0.309 e. The summed E-state index contributed by atoms with van der Waals surface area (Å²) in [7, 11) is 0. The van der Waals surface area contributed by atoms with Gasteiger partial charge < -0.3 is 4.90 Å². The van der Waals surface area contributed by atoms with E-state index in [1.54, 1.807) is 18.2 Å². The molecule has 3 heterocycles. The molecule has 0 radical (unpaired) electrons. The molecule has 2 aromatic carbocycles. The smallest absolute Gasteiger partial charge is 0.284 e. The molecule has 1 amide bonds. The van der Waals surface area contributed by atoms with Gasteiger partial charge in [-0.25, -0.2) is 22.6 Å². The van der Waals surface area contributed by atoms with Crippen LogP contribution < -0.4 is 0 Å². The van der Waals surface area contributed by atoms with Crippen molar-refractivity contribution in [3.63, 3.8) is 0 Å². The van der Waals surface area contributed by atoms with Crippen LogP contribution in [-0.4, -0.2) is 58.7 Å². The third-order valence-corrected chi connectivity index (χ3v) is 6.81. The maximum atomic E-state index is 14.4. The van der Waals surface area contributed by atoms with Crippen LogP contribution in [0.5, 0.6) is 0 Å². The maximum absolute atomic E-state index is 14.4. The second-order valence-electron chi connectivity index (χ2n) is 9.73. The number of fused-ring (bicyclic) bond motifs is 2. The average Bonchev–Trinajstić information content (AvgIpc) is 2.86. The molecule has 0 bridgehead atoms. The highest BCUT2D eigenvalue weighted by Gasteiger charge is 2.46. The first-order chi connectivity index (χ1) is 17.5. The fraction of sp³-hybridized carbons (Fsp3) is 0.370. The predicted octanol–water partition coefficient (Wildman–Crippen LogP) is 4.48. The minimum atomic E-state index is -3.03. The number of hydrogen-bond acceptors (Lipinski definition) is 5. The minimum Gasteiger partial charge on any atom is -0.309 e. The number of amides is 1. The number of halogens is 4. The summed E-state index contributed by atoms with van der Waals surface area (Å²) in [6, 6.07) is 15.0.